The van der Waals surface area contributed by atoms with Gasteiger partial charge in [-0.1, -0.05) is 29.8 Å². The number of nitrogens with zero attached hydrogens (tertiary/aromatic N) is 2. The Bertz CT molecular complexity index is 1300. The number of likely N-dealkylation sites (N-methyl/N-ethyl adjacent to an activating group) is 1. The van der Waals surface area contributed by atoms with Gasteiger partial charge in [-0.3, -0.25) is 14.9 Å². The van der Waals surface area contributed by atoms with E-state index in [1.807, 2.05) is 26.1 Å². The fourth-order valence-electron chi connectivity index (χ4n) is 5.18. The van der Waals surface area contributed by atoms with Gasteiger partial charge in [0.2, 0.25) is 5.91 Å². The first kappa shape index (κ1) is 40.5. The van der Waals surface area contributed by atoms with E-state index in [9.17, 15) is 24.0 Å². The molecule has 2 aliphatic heterocycles. The number of hydrogen-bond acceptors (Lipinski definition) is 9. The van der Waals surface area contributed by atoms with Gasteiger partial charge >= 0.3 is 23.9 Å². The molecule has 258 valence electrons. The molecule has 0 radical (unpaired) electrons. The summed E-state index contributed by atoms with van der Waals surface area (Å²) < 4.78 is 11.4. The van der Waals surface area contributed by atoms with Crippen LogP contribution in [0.3, 0.4) is 0 Å². The van der Waals surface area contributed by atoms with Crippen molar-refractivity contribution in [1.29, 1.82) is 0 Å². The van der Waals surface area contributed by atoms with Crippen molar-refractivity contribution >= 4 is 45.8 Å². The monoisotopic (exact) mass is 712 g/mol. The molecular formula is C32H49BrN4O9. The first-order chi connectivity index (χ1) is 21.2. The van der Waals surface area contributed by atoms with Crippen LogP contribution in [0.5, 0.6) is 11.5 Å². The largest absolute Gasteiger partial charge is 0.487 e. The van der Waals surface area contributed by atoms with Crippen LogP contribution in [0.2, 0.25) is 0 Å². The van der Waals surface area contributed by atoms with E-state index < -0.39 is 22.3 Å². The number of carboxylic acid groups (broad SMARTS) is 2. The van der Waals surface area contributed by atoms with Crippen LogP contribution in [0.15, 0.2) is 12.2 Å². The van der Waals surface area contributed by atoms with Gasteiger partial charge in [0.1, 0.15) is 21.4 Å². The Balaban J connectivity index is 0.000000439. The number of aliphatic carboxylic acids is 2. The Morgan fingerprint density at radius 3 is 1.91 bits per heavy atom. The molecule has 0 saturated carbocycles. The SMILES string of the molecule is CC(=O)Oc1c(C)c(C)c2c(c1C)C(CN1CCN(C)CC1)C(C)(C)O2.CCC(Br)(CC)C(=O)NC(N)=O.O=C(O)/C=C\C(=O)O. The minimum absolute atomic E-state index is 0.259. The molecule has 2 heterocycles. The number of alkyl halides is 1. The Morgan fingerprint density at radius 2 is 1.50 bits per heavy atom. The molecule has 3 amide bonds. The predicted octanol–water partition coefficient (Wildman–Crippen LogP) is 3.89. The van der Waals surface area contributed by atoms with E-state index in [0.29, 0.717) is 30.7 Å². The summed E-state index contributed by atoms with van der Waals surface area (Å²) in [5, 5.41) is 17.7. The third kappa shape index (κ3) is 11.4. The highest BCUT2D eigenvalue weighted by molar-refractivity contribution is 9.10. The Labute approximate surface area is 279 Å². The van der Waals surface area contributed by atoms with Crippen LogP contribution in [0.1, 0.15) is 75.6 Å². The van der Waals surface area contributed by atoms with Crippen molar-refractivity contribution in [3.8, 4) is 11.5 Å². The number of carbonyl (C=O) groups excluding carboxylic acids is 3. The molecule has 5 N–H and O–H groups in total. The van der Waals surface area contributed by atoms with Gasteiger partial charge in [-0.05, 0) is 71.2 Å². The predicted molar refractivity (Wildman–Crippen MR) is 178 cm³/mol. The lowest BCUT2D eigenvalue weighted by Crippen LogP contribution is -2.48. The van der Waals surface area contributed by atoms with Gasteiger partial charge < -0.3 is 35.2 Å². The summed E-state index contributed by atoms with van der Waals surface area (Å²) in [5.74, 6) is -1.21. The number of benzene rings is 1. The molecule has 1 unspecified atom stereocenters. The number of primary amides is 1. The number of rotatable bonds is 8. The second-order valence-electron chi connectivity index (χ2n) is 11.9. The highest BCUT2D eigenvalue weighted by Gasteiger charge is 2.45. The van der Waals surface area contributed by atoms with E-state index in [-0.39, 0.29) is 23.4 Å². The zero-order valence-electron chi connectivity index (χ0n) is 28.3. The summed E-state index contributed by atoms with van der Waals surface area (Å²) in [7, 11) is 2.18. The summed E-state index contributed by atoms with van der Waals surface area (Å²) in [5.41, 5.74) is 8.87. The minimum atomic E-state index is -1.26. The number of piperazine rings is 1. The first-order valence-electron chi connectivity index (χ1n) is 15.1. The summed E-state index contributed by atoms with van der Waals surface area (Å²) in [6, 6.07) is -0.814. The molecule has 1 fully saturated rings. The molecule has 3 rings (SSSR count). The van der Waals surface area contributed by atoms with Crippen molar-refractivity contribution in [2.45, 2.75) is 84.1 Å². The highest BCUT2D eigenvalue weighted by atomic mass is 79.9. The van der Waals surface area contributed by atoms with Gasteiger partial charge in [-0.2, -0.15) is 0 Å². The van der Waals surface area contributed by atoms with E-state index in [1.54, 1.807) is 0 Å². The van der Waals surface area contributed by atoms with Crippen LogP contribution in [0, 0.1) is 20.8 Å². The number of ether oxygens (including phenoxy) is 2. The fraction of sp³-hybridized carbons (Fsp3) is 0.594. The van der Waals surface area contributed by atoms with Gasteiger partial charge in [0.05, 0.1) is 0 Å². The second kappa shape index (κ2) is 17.4. The molecule has 0 aromatic heterocycles. The number of halogens is 1. The Kier molecular flexibility index (Phi) is 15.4. The fourth-order valence-corrected chi connectivity index (χ4v) is 5.28. The van der Waals surface area contributed by atoms with Gasteiger partial charge in [0, 0.05) is 63.3 Å². The van der Waals surface area contributed by atoms with Crippen molar-refractivity contribution in [2.75, 3.05) is 39.8 Å². The standard InChI is InChI=1S/C21H32N2O3.C7H13BrN2O2.C4H4O4/c1-13-14(2)20-18(15(3)19(13)25-16(4)24)17(21(5,6)26-20)12-23-10-8-22(7)9-11-23;1-3-7(8,4-2)5(11)10-6(9)12;5-3(6)1-2-4(7)8/h17H,8-12H2,1-7H3;3-4H2,1-2H3,(H3,9,10,11,12);1-2H,(H,5,6)(H,7,8)/b;;2-1-. The number of esters is 1. The lowest BCUT2D eigenvalue weighted by atomic mass is 9.82. The maximum Gasteiger partial charge on any atom is 0.328 e. The van der Waals surface area contributed by atoms with Crippen LogP contribution in [-0.2, 0) is 19.2 Å². The summed E-state index contributed by atoms with van der Waals surface area (Å²) in [6.45, 7) is 21.0. The van der Waals surface area contributed by atoms with Crippen LogP contribution < -0.4 is 20.5 Å². The van der Waals surface area contributed by atoms with Crippen molar-refractivity contribution in [3.63, 3.8) is 0 Å². The second-order valence-corrected chi connectivity index (χ2v) is 13.4. The van der Waals surface area contributed by atoms with Gasteiger partial charge in [0.15, 0.2) is 0 Å². The molecule has 0 aliphatic carbocycles. The van der Waals surface area contributed by atoms with Crippen LogP contribution in [0.4, 0.5) is 4.79 Å². The highest BCUT2D eigenvalue weighted by Crippen LogP contribution is 2.52. The van der Waals surface area contributed by atoms with E-state index in [1.165, 1.54) is 12.5 Å². The molecule has 0 bridgehead atoms. The number of amides is 3. The average Bonchev–Trinajstić information content (AvgIpc) is 3.24. The van der Waals surface area contributed by atoms with Crippen molar-refractivity contribution in [2.24, 2.45) is 5.73 Å². The molecule has 14 heteroatoms. The Hall–Kier alpha value is -3.49. The molecular weight excluding hydrogens is 664 g/mol. The molecule has 1 aromatic rings. The van der Waals surface area contributed by atoms with Gasteiger partial charge in [-0.15, -0.1) is 0 Å². The molecule has 0 spiro atoms. The molecule has 46 heavy (non-hydrogen) atoms. The summed E-state index contributed by atoms with van der Waals surface area (Å²) >= 11 is 3.26. The van der Waals surface area contributed by atoms with Crippen molar-refractivity contribution < 1.29 is 43.7 Å². The van der Waals surface area contributed by atoms with Crippen LogP contribution in [-0.4, -0.2) is 99.6 Å². The van der Waals surface area contributed by atoms with Gasteiger partial charge in [-0.25, -0.2) is 14.4 Å². The van der Waals surface area contributed by atoms with Crippen molar-refractivity contribution in [3.05, 3.63) is 34.4 Å². The van der Waals surface area contributed by atoms with E-state index in [0.717, 1.165) is 55.2 Å². The zero-order valence-corrected chi connectivity index (χ0v) is 29.9. The third-order valence-corrected chi connectivity index (χ3v) is 9.68. The third-order valence-electron chi connectivity index (χ3n) is 8.20. The molecule has 1 saturated heterocycles. The number of hydrogen-bond donors (Lipinski definition) is 4. The number of carbonyl (C=O) groups is 5. The quantitative estimate of drug-likeness (QED) is 0.132. The maximum absolute atomic E-state index is 11.6. The summed E-state index contributed by atoms with van der Waals surface area (Å²) in [4.78, 5) is 57.3. The number of fused-ring (bicyclic) bond motifs is 1. The number of imide groups is 1. The maximum atomic E-state index is 11.6. The number of urea groups is 1. The topological polar surface area (TPSA) is 189 Å². The number of nitrogens with one attached hydrogen (secondary N) is 1. The van der Waals surface area contributed by atoms with E-state index in [4.69, 9.17) is 25.4 Å². The molecule has 13 nitrogen and oxygen atoms in total. The van der Waals surface area contributed by atoms with Crippen LogP contribution >= 0.6 is 15.9 Å². The molecule has 1 atom stereocenters. The smallest absolute Gasteiger partial charge is 0.328 e. The molecule has 1 aromatic carbocycles. The van der Waals surface area contributed by atoms with Gasteiger partial charge in [0.25, 0.3) is 0 Å². The summed E-state index contributed by atoms with van der Waals surface area (Å²) in [6.07, 6.45) is 2.34. The number of nitrogens with two attached hydrogens (primary N) is 1. The zero-order chi connectivity index (χ0) is 35.6. The first-order valence-corrected chi connectivity index (χ1v) is 15.9. The normalized spacial score (nSPS) is 17.4. The van der Waals surface area contributed by atoms with E-state index >= 15 is 0 Å². The van der Waals surface area contributed by atoms with E-state index in [2.05, 4.69) is 60.5 Å². The average molecular weight is 714 g/mol. The Morgan fingerprint density at radius 1 is 1.00 bits per heavy atom. The number of carboxylic acids is 2. The lowest BCUT2D eigenvalue weighted by Gasteiger charge is -2.37. The molecule has 2 aliphatic rings. The van der Waals surface area contributed by atoms with Crippen LogP contribution in [0.25, 0.3) is 0 Å². The van der Waals surface area contributed by atoms with Crippen molar-refractivity contribution in [1.82, 2.24) is 15.1 Å². The minimum Gasteiger partial charge on any atom is -0.487 e. The lowest BCUT2D eigenvalue weighted by molar-refractivity contribution is -0.134.